The minimum Gasteiger partial charge on any atom is -0.480 e. The van der Waals surface area contributed by atoms with E-state index >= 15 is 0 Å². The van der Waals surface area contributed by atoms with Crippen LogP contribution in [0.15, 0.2) is 0 Å². The average molecular weight is 216 g/mol. The molecule has 2 atom stereocenters. The highest BCUT2D eigenvalue weighted by Crippen LogP contribution is 2.06. The highest BCUT2D eigenvalue weighted by molar-refractivity contribution is 5.83. The molecule has 1 unspecified atom stereocenters. The van der Waals surface area contributed by atoms with Crippen molar-refractivity contribution in [2.45, 2.75) is 39.2 Å². The number of carboxylic acids is 1. The van der Waals surface area contributed by atoms with Crippen LogP contribution in [0.4, 0.5) is 0 Å². The molecule has 0 aromatic rings. The van der Waals surface area contributed by atoms with Crippen LogP contribution in [0.3, 0.4) is 0 Å². The van der Waals surface area contributed by atoms with Crippen LogP contribution in [0.5, 0.6) is 0 Å². The van der Waals surface area contributed by atoms with Crippen molar-refractivity contribution in [1.82, 2.24) is 5.32 Å². The summed E-state index contributed by atoms with van der Waals surface area (Å²) in [7, 11) is 0. The first-order chi connectivity index (χ1) is 7.04. The van der Waals surface area contributed by atoms with Gasteiger partial charge in [-0.15, -0.1) is 0 Å². The fourth-order valence-corrected chi connectivity index (χ4v) is 1.25. The lowest BCUT2D eigenvalue weighted by atomic mass is 10.0. The van der Waals surface area contributed by atoms with Gasteiger partial charge in [-0.05, 0) is 18.9 Å². The van der Waals surface area contributed by atoms with Crippen LogP contribution in [0.25, 0.3) is 0 Å². The van der Waals surface area contributed by atoms with Crippen LogP contribution in [0.1, 0.15) is 33.1 Å². The lowest BCUT2D eigenvalue weighted by Crippen LogP contribution is -2.41. The van der Waals surface area contributed by atoms with Crippen molar-refractivity contribution in [3.8, 4) is 0 Å². The average Bonchev–Trinajstić information content (AvgIpc) is 2.22. The lowest BCUT2D eigenvalue weighted by Gasteiger charge is -2.15. The van der Waals surface area contributed by atoms with Gasteiger partial charge in [0.25, 0.3) is 0 Å². The predicted molar refractivity (Wildman–Crippen MR) is 57.3 cm³/mol. The second kappa shape index (κ2) is 7.23. The third kappa shape index (κ3) is 5.37. The Morgan fingerprint density at radius 1 is 1.33 bits per heavy atom. The van der Waals surface area contributed by atoms with Gasteiger partial charge in [0.1, 0.15) is 6.04 Å². The normalized spacial score (nSPS) is 14.3. The molecule has 0 aromatic carbocycles. The molecule has 88 valence electrons. The van der Waals surface area contributed by atoms with E-state index in [4.69, 9.17) is 10.8 Å². The third-order valence-corrected chi connectivity index (χ3v) is 2.43. The topological polar surface area (TPSA) is 92.4 Å². The highest BCUT2D eigenvalue weighted by atomic mass is 16.4. The Balaban J connectivity index is 4.06. The first-order valence-electron chi connectivity index (χ1n) is 5.27. The van der Waals surface area contributed by atoms with Gasteiger partial charge < -0.3 is 16.2 Å². The summed E-state index contributed by atoms with van der Waals surface area (Å²) in [6.45, 7) is 4.13. The maximum atomic E-state index is 11.4. The first kappa shape index (κ1) is 13.9. The number of hydrogen-bond acceptors (Lipinski definition) is 3. The fourth-order valence-electron chi connectivity index (χ4n) is 1.25. The largest absolute Gasteiger partial charge is 0.480 e. The molecule has 0 rings (SSSR count). The van der Waals surface area contributed by atoms with Crippen molar-refractivity contribution in [2.75, 3.05) is 6.54 Å². The van der Waals surface area contributed by atoms with Crippen molar-refractivity contribution < 1.29 is 14.7 Å². The van der Waals surface area contributed by atoms with Crippen molar-refractivity contribution in [3.63, 3.8) is 0 Å². The Kier molecular flexibility index (Phi) is 6.70. The van der Waals surface area contributed by atoms with Gasteiger partial charge in [-0.1, -0.05) is 20.3 Å². The molecule has 0 bridgehead atoms. The number of hydrogen-bond donors (Lipinski definition) is 3. The quantitative estimate of drug-likeness (QED) is 0.572. The summed E-state index contributed by atoms with van der Waals surface area (Å²) in [6.07, 6.45) is 1.52. The SMILES string of the molecule is CCC(CN)CC(=O)N[C@H](CC)C(=O)O. The number of amides is 1. The fraction of sp³-hybridized carbons (Fsp3) is 0.800. The van der Waals surface area contributed by atoms with Gasteiger partial charge in [-0.3, -0.25) is 4.79 Å². The molecule has 0 aliphatic heterocycles. The first-order valence-corrected chi connectivity index (χ1v) is 5.27. The van der Waals surface area contributed by atoms with E-state index in [-0.39, 0.29) is 11.8 Å². The predicted octanol–water partition coefficient (Wildman–Crippen LogP) is 0.341. The number of aliphatic carboxylic acids is 1. The van der Waals surface area contributed by atoms with E-state index < -0.39 is 12.0 Å². The molecule has 0 saturated carbocycles. The minimum absolute atomic E-state index is 0.135. The zero-order chi connectivity index (χ0) is 11.8. The second-order valence-corrected chi connectivity index (χ2v) is 3.58. The molecule has 0 aromatic heterocycles. The van der Waals surface area contributed by atoms with Crippen molar-refractivity contribution in [3.05, 3.63) is 0 Å². The second-order valence-electron chi connectivity index (χ2n) is 3.58. The van der Waals surface area contributed by atoms with E-state index in [9.17, 15) is 9.59 Å². The van der Waals surface area contributed by atoms with Crippen molar-refractivity contribution >= 4 is 11.9 Å². The molecule has 5 heteroatoms. The number of nitrogens with two attached hydrogens (primary N) is 1. The van der Waals surface area contributed by atoms with Crippen molar-refractivity contribution in [2.24, 2.45) is 11.7 Å². The standard InChI is InChI=1S/C10H20N2O3/c1-3-7(6-11)5-9(13)12-8(4-2)10(14)15/h7-8H,3-6,11H2,1-2H3,(H,12,13)(H,14,15)/t7?,8-/m1/s1. The van der Waals surface area contributed by atoms with E-state index in [1.807, 2.05) is 6.92 Å². The van der Waals surface area contributed by atoms with E-state index in [0.29, 0.717) is 19.4 Å². The van der Waals surface area contributed by atoms with Gasteiger partial charge in [-0.2, -0.15) is 0 Å². The van der Waals surface area contributed by atoms with Gasteiger partial charge in [0.05, 0.1) is 0 Å². The van der Waals surface area contributed by atoms with Crippen molar-refractivity contribution in [1.29, 1.82) is 0 Å². The summed E-state index contributed by atoms with van der Waals surface area (Å²) in [5.74, 6) is -1.09. The molecule has 0 heterocycles. The van der Waals surface area contributed by atoms with Crippen LogP contribution in [0, 0.1) is 5.92 Å². The van der Waals surface area contributed by atoms with Crippen LogP contribution >= 0.6 is 0 Å². The van der Waals surface area contributed by atoms with Gasteiger partial charge in [-0.25, -0.2) is 4.79 Å². The molecule has 1 amide bonds. The molecule has 0 saturated heterocycles. The Hall–Kier alpha value is -1.10. The van der Waals surface area contributed by atoms with Crippen LogP contribution in [-0.4, -0.2) is 29.6 Å². The summed E-state index contributed by atoms with van der Waals surface area (Å²) in [6, 6.07) is -0.784. The maximum Gasteiger partial charge on any atom is 0.326 e. The summed E-state index contributed by atoms with van der Waals surface area (Å²) < 4.78 is 0. The number of rotatable bonds is 7. The maximum absolute atomic E-state index is 11.4. The van der Waals surface area contributed by atoms with Crippen LogP contribution in [-0.2, 0) is 9.59 Å². The molecule has 5 nitrogen and oxygen atoms in total. The summed E-state index contributed by atoms with van der Waals surface area (Å²) in [5.41, 5.74) is 5.46. The third-order valence-electron chi connectivity index (χ3n) is 2.43. The number of nitrogens with one attached hydrogen (secondary N) is 1. The van der Waals surface area contributed by atoms with E-state index in [2.05, 4.69) is 5.32 Å². The Morgan fingerprint density at radius 3 is 2.27 bits per heavy atom. The number of carbonyl (C=O) groups is 2. The molecular formula is C10H20N2O3. The molecule has 15 heavy (non-hydrogen) atoms. The molecule has 0 aliphatic rings. The molecule has 0 radical (unpaired) electrons. The summed E-state index contributed by atoms with van der Waals surface area (Å²) in [4.78, 5) is 22.1. The summed E-state index contributed by atoms with van der Waals surface area (Å²) >= 11 is 0. The molecule has 0 fully saturated rings. The van der Waals surface area contributed by atoms with Crippen LogP contribution in [0.2, 0.25) is 0 Å². The number of carboxylic acid groups (broad SMARTS) is 1. The highest BCUT2D eigenvalue weighted by Gasteiger charge is 2.18. The van der Waals surface area contributed by atoms with Gasteiger partial charge in [0.2, 0.25) is 5.91 Å². The van der Waals surface area contributed by atoms with E-state index in [1.165, 1.54) is 0 Å². The van der Waals surface area contributed by atoms with Gasteiger partial charge in [0, 0.05) is 6.42 Å². The van der Waals surface area contributed by atoms with E-state index in [1.54, 1.807) is 6.92 Å². The summed E-state index contributed by atoms with van der Waals surface area (Å²) in [5, 5.41) is 11.2. The molecule has 4 N–H and O–H groups in total. The Bertz CT molecular complexity index is 215. The molecule has 0 aliphatic carbocycles. The zero-order valence-corrected chi connectivity index (χ0v) is 9.32. The smallest absolute Gasteiger partial charge is 0.326 e. The Labute approximate surface area is 90.0 Å². The van der Waals surface area contributed by atoms with Gasteiger partial charge >= 0.3 is 5.97 Å². The lowest BCUT2D eigenvalue weighted by molar-refractivity contribution is -0.142. The Morgan fingerprint density at radius 2 is 1.93 bits per heavy atom. The van der Waals surface area contributed by atoms with Gasteiger partial charge in [0.15, 0.2) is 0 Å². The molecule has 0 spiro atoms. The minimum atomic E-state index is -0.994. The zero-order valence-electron chi connectivity index (χ0n) is 9.32. The molecular weight excluding hydrogens is 196 g/mol. The number of carbonyl (C=O) groups excluding carboxylic acids is 1. The monoisotopic (exact) mass is 216 g/mol. The van der Waals surface area contributed by atoms with Crippen LogP contribution < -0.4 is 11.1 Å². The van der Waals surface area contributed by atoms with E-state index in [0.717, 1.165) is 6.42 Å².